The van der Waals surface area contributed by atoms with Crippen LogP contribution in [-0.2, 0) is 25.5 Å². The molecule has 5 heteroatoms. The Kier molecular flexibility index (Phi) is 6.34. The molecule has 1 spiro atoms. The molecule has 1 aromatic carbocycles. The lowest BCUT2D eigenvalue weighted by Gasteiger charge is -2.50. The molecule has 5 nitrogen and oxygen atoms in total. The number of benzene rings is 1. The standard InChI is InChI=1S/C23H33NO4/c1-2-3-11-26-22(25)20-14-19-15-23(27-12-13-28-23)10-9-21(19)24(17-20)16-18-7-5-4-6-8-18/h4-8,19-21H,2-3,9-17H2,1H3/t19-,20+,21-/m1/s1. The molecular formula is C23H33NO4. The zero-order chi connectivity index (χ0) is 19.4. The number of piperidine rings is 1. The van der Waals surface area contributed by atoms with E-state index in [2.05, 4.69) is 42.2 Å². The predicted octanol–water partition coefficient (Wildman–Crippen LogP) is 3.76. The number of ether oxygens (including phenoxy) is 3. The van der Waals surface area contributed by atoms with Gasteiger partial charge in [-0.15, -0.1) is 0 Å². The van der Waals surface area contributed by atoms with E-state index in [-0.39, 0.29) is 11.9 Å². The van der Waals surface area contributed by atoms with E-state index >= 15 is 0 Å². The van der Waals surface area contributed by atoms with Crippen molar-refractivity contribution >= 4 is 5.97 Å². The van der Waals surface area contributed by atoms with E-state index in [1.807, 2.05) is 0 Å². The quantitative estimate of drug-likeness (QED) is 0.549. The first kappa shape index (κ1) is 19.9. The number of likely N-dealkylation sites (tertiary alicyclic amines) is 1. The number of hydrogen-bond donors (Lipinski definition) is 0. The van der Waals surface area contributed by atoms with E-state index in [4.69, 9.17) is 14.2 Å². The Balaban J connectivity index is 1.48. The SMILES string of the molecule is CCCCOC(=O)[C@H]1C[C@@H]2CC3(CC[C@H]2N(Cc2ccccc2)C1)OCCO3. The molecule has 1 aliphatic carbocycles. The number of carbonyl (C=O) groups is 1. The summed E-state index contributed by atoms with van der Waals surface area (Å²) in [6.07, 6.45) is 5.76. The molecule has 0 radical (unpaired) electrons. The van der Waals surface area contributed by atoms with Gasteiger partial charge in [0.05, 0.1) is 25.7 Å². The molecule has 0 amide bonds. The van der Waals surface area contributed by atoms with Crippen LogP contribution in [0.15, 0.2) is 30.3 Å². The van der Waals surface area contributed by atoms with Gasteiger partial charge in [-0.05, 0) is 30.7 Å². The van der Waals surface area contributed by atoms with Gasteiger partial charge in [0, 0.05) is 32.0 Å². The normalized spacial score (nSPS) is 29.5. The largest absolute Gasteiger partial charge is 0.465 e. The molecule has 0 aromatic heterocycles. The minimum atomic E-state index is -0.409. The Labute approximate surface area is 168 Å². The smallest absolute Gasteiger partial charge is 0.310 e. The number of hydrogen-bond acceptors (Lipinski definition) is 5. The predicted molar refractivity (Wildman–Crippen MR) is 107 cm³/mol. The molecule has 28 heavy (non-hydrogen) atoms. The average molecular weight is 388 g/mol. The van der Waals surface area contributed by atoms with Gasteiger partial charge in [-0.25, -0.2) is 0 Å². The maximum atomic E-state index is 12.7. The highest BCUT2D eigenvalue weighted by molar-refractivity contribution is 5.73. The molecule has 4 rings (SSSR count). The highest BCUT2D eigenvalue weighted by atomic mass is 16.7. The van der Waals surface area contributed by atoms with Crippen LogP contribution in [0.25, 0.3) is 0 Å². The Morgan fingerprint density at radius 2 is 2.04 bits per heavy atom. The number of nitrogens with zero attached hydrogens (tertiary/aromatic N) is 1. The molecule has 1 aromatic rings. The summed E-state index contributed by atoms with van der Waals surface area (Å²) >= 11 is 0. The number of esters is 1. The summed E-state index contributed by atoms with van der Waals surface area (Å²) in [6, 6.07) is 11.1. The summed E-state index contributed by atoms with van der Waals surface area (Å²) < 4.78 is 17.6. The first-order chi connectivity index (χ1) is 13.7. The molecule has 2 aliphatic heterocycles. The van der Waals surface area contributed by atoms with Crippen LogP contribution in [0.5, 0.6) is 0 Å². The third-order valence-electron chi connectivity index (χ3n) is 6.57. The second-order valence-corrected chi connectivity index (χ2v) is 8.55. The molecule has 0 unspecified atom stereocenters. The number of rotatable bonds is 6. The van der Waals surface area contributed by atoms with Crippen LogP contribution >= 0.6 is 0 Å². The minimum Gasteiger partial charge on any atom is -0.465 e. The van der Waals surface area contributed by atoms with E-state index in [0.29, 0.717) is 31.8 Å². The highest BCUT2D eigenvalue weighted by Gasteiger charge is 2.50. The van der Waals surface area contributed by atoms with Gasteiger partial charge < -0.3 is 14.2 Å². The zero-order valence-corrected chi connectivity index (χ0v) is 17.0. The summed E-state index contributed by atoms with van der Waals surface area (Å²) in [7, 11) is 0. The van der Waals surface area contributed by atoms with Gasteiger partial charge >= 0.3 is 5.97 Å². The molecule has 1 saturated carbocycles. The van der Waals surface area contributed by atoms with Gasteiger partial charge in [0.1, 0.15) is 0 Å². The van der Waals surface area contributed by atoms with Crippen molar-refractivity contribution in [2.24, 2.45) is 11.8 Å². The van der Waals surface area contributed by atoms with Crippen molar-refractivity contribution in [3.05, 3.63) is 35.9 Å². The maximum Gasteiger partial charge on any atom is 0.310 e. The van der Waals surface area contributed by atoms with Gasteiger partial charge in [0.15, 0.2) is 5.79 Å². The van der Waals surface area contributed by atoms with Crippen LogP contribution in [0.1, 0.15) is 51.0 Å². The van der Waals surface area contributed by atoms with Gasteiger partial charge in [-0.2, -0.15) is 0 Å². The lowest BCUT2D eigenvalue weighted by atomic mass is 9.72. The Morgan fingerprint density at radius 3 is 2.79 bits per heavy atom. The van der Waals surface area contributed by atoms with E-state index < -0.39 is 5.79 Å². The molecule has 2 saturated heterocycles. The van der Waals surface area contributed by atoms with Crippen molar-refractivity contribution in [2.45, 2.75) is 63.8 Å². The molecule has 154 valence electrons. The van der Waals surface area contributed by atoms with Crippen LogP contribution in [0.4, 0.5) is 0 Å². The molecule has 0 N–H and O–H groups in total. The first-order valence-electron chi connectivity index (χ1n) is 10.9. The van der Waals surface area contributed by atoms with Crippen molar-refractivity contribution in [3.8, 4) is 0 Å². The van der Waals surface area contributed by atoms with Crippen LogP contribution in [0.2, 0.25) is 0 Å². The molecule has 0 bridgehead atoms. The zero-order valence-electron chi connectivity index (χ0n) is 17.0. The topological polar surface area (TPSA) is 48.0 Å². The van der Waals surface area contributed by atoms with Crippen LogP contribution in [-0.4, -0.2) is 49.1 Å². The second-order valence-electron chi connectivity index (χ2n) is 8.55. The third kappa shape index (κ3) is 4.42. The van der Waals surface area contributed by atoms with Crippen LogP contribution in [0, 0.1) is 11.8 Å². The van der Waals surface area contributed by atoms with E-state index in [1.165, 1.54) is 5.56 Å². The van der Waals surface area contributed by atoms with Crippen molar-refractivity contribution < 1.29 is 19.0 Å². The summed E-state index contributed by atoms with van der Waals surface area (Å²) in [5, 5.41) is 0. The van der Waals surface area contributed by atoms with Crippen molar-refractivity contribution in [1.29, 1.82) is 0 Å². The second kappa shape index (κ2) is 8.93. The van der Waals surface area contributed by atoms with Crippen molar-refractivity contribution in [3.63, 3.8) is 0 Å². The molecule has 3 aliphatic rings. The summed E-state index contributed by atoms with van der Waals surface area (Å²) in [5.74, 6) is -0.0858. The Morgan fingerprint density at radius 1 is 1.25 bits per heavy atom. The third-order valence-corrected chi connectivity index (χ3v) is 6.57. The van der Waals surface area contributed by atoms with Gasteiger partial charge in [-0.1, -0.05) is 43.7 Å². The van der Waals surface area contributed by atoms with Crippen LogP contribution < -0.4 is 0 Å². The fourth-order valence-corrected chi connectivity index (χ4v) is 5.19. The van der Waals surface area contributed by atoms with E-state index in [9.17, 15) is 4.79 Å². The maximum absolute atomic E-state index is 12.7. The molecule has 2 heterocycles. The highest BCUT2D eigenvalue weighted by Crippen LogP contribution is 2.45. The number of fused-ring (bicyclic) bond motifs is 1. The fourth-order valence-electron chi connectivity index (χ4n) is 5.19. The molecular weight excluding hydrogens is 354 g/mol. The summed E-state index contributed by atoms with van der Waals surface area (Å²) in [4.78, 5) is 15.3. The monoisotopic (exact) mass is 387 g/mol. The van der Waals surface area contributed by atoms with Gasteiger partial charge in [0.2, 0.25) is 0 Å². The number of carbonyl (C=O) groups excluding carboxylic acids is 1. The van der Waals surface area contributed by atoms with Gasteiger partial charge in [-0.3, -0.25) is 9.69 Å². The lowest BCUT2D eigenvalue weighted by molar-refractivity contribution is -0.205. The van der Waals surface area contributed by atoms with Gasteiger partial charge in [0.25, 0.3) is 0 Å². The van der Waals surface area contributed by atoms with Crippen LogP contribution in [0.3, 0.4) is 0 Å². The summed E-state index contributed by atoms with van der Waals surface area (Å²) in [6.45, 7) is 5.70. The van der Waals surface area contributed by atoms with Crippen molar-refractivity contribution in [1.82, 2.24) is 4.90 Å². The fraction of sp³-hybridized carbons (Fsp3) is 0.696. The van der Waals surface area contributed by atoms with E-state index in [1.54, 1.807) is 0 Å². The summed E-state index contributed by atoms with van der Waals surface area (Å²) in [5.41, 5.74) is 1.30. The lowest BCUT2D eigenvalue weighted by Crippen LogP contribution is -2.55. The Hall–Kier alpha value is -1.43. The average Bonchev–Trinajstić information content (AvgIpc) is 3.16. The Bertz CT molecular complexity index is 643. The number of unbranched alkanes of at least 4 members (excludes halogenated alkanes) is 1. The minimum absolute atomic E-state index is 0.0298. The molecule has 3 fully saturated rings. The van der Waals surface area contributed by atoms with Crippen molar-refractivity contribution in [2.75, 3.05) is 26.4 Å². The molecule has 3 atom stereocenters. The van der Waals surface area contributed by atoms with E-state index in [0.717, 1.165) is 51.6 Å². The first-order valence-corrected chi connectivity index (χ1v) is 10.9.